The highest BCUT2D eigenvalue weighted by Gasteiger charge is 2.39. The van der Waals surface area contributed by atoms with Gasteiger partial charge in [-0.3, -0.25) is 4.79 Å². The molecule has 1 saturated heterocycles. The second kappa shape index (κ2) is 9.93. The summed E-state index contributed by atoms with van der Waals surface area (Å²) in [7, 11) is -3.95. The van der Waals surface area contributed by atoms with Crippen molar-refractivity contribution in [2.75, 3.05) is 6.54 Å². The fourth-order valence-corrected chi connectivity index (χ4v) is 5.72. The van der Waals surface area contributed by atoms with Crippen molar-refractivity contribution in [1.82, 2.24) is 19.4 Å². The van der Waals surface area contributed by atoms with E-state index in [0.29, 0.717) is 29.7 Å². The molecule has 8 nitrogen and oxygen atoms in total. The maximum absolute atomic E-state index is 13.1. The molecule has 1 aliphatic rings. The van der Waals surface area contributed by atoms with Gasteiger partial charge in [0.1, 0.15) is 6.04 Å². The van der Waals surface area contributed by atoms with Crippen molar-refractivity contribution >= 4 is 27.5 Å². The number of halogens is 4. The van der Waals surface area contributed by atoms with Gasteiger partial charge in [-0.1, -0.05) is 11.6 Å². The van der Waals surface area contributed by atoms with Crippen LogP contribution < -0.4 is 5.32 Å². The van der Waals surface area contributed by atoms with Crippen LogP contribution in [0.3, 0.4) is 0 Å². The molecule has 0 unspecified atom stereocenters. The van der Waals surface area contributed by atoms with Crippen LogP contribution in [-0.2, 0) is 27.5 Å². The van der Waals surface area contributed by atoms with Crippen molar-refractivity contribution in [3.8, 4) is 11.8 Å². The van der Waals surface area contributed by atoms with Gasteiger partial charge in [0, 0.05) is 24.8 Å². The Morgan fingerprint density at radius 3 is 2.44 bits per heavy atom. The third-order valence-electron chi connectivity index (χ3n) is 5.75. The molecule has 1 N–H and O–H groups in total. The molecule has 0 radical (unpaired) electrons. The molecule has 1 amide bonds. The Hall–Kier alpha value is -3.40. The zero-order valence-electron chi connectivity index (χ0n) is 18.5. The van der Waals surface area contributed by atoms with Crippen LogP contribution in [0, 0.1) is 11.3 Å². The second-order valence-corrected chi connectivity index (χ2v) is 10.3. The van der Waals surface area contributed by atoms with Crippen LogP contribution in [0.4, 0.5) is 13.2 Å². The number of aromatic nitrogens is 2. The van der Waals surface area contributed by atoms with Gasteiger partial charge >= 0.3 is 6.18 Å². The first kappa shape index (κ1) is 25.7. The summed E-state index contributed by atoms with van der Waals surface area (Å²) in [5.74, 6) is -0.511. The molecule has 188 valence electrons. The number of hydrogen-bond acceptors (Lipinski definition) is 5. The summed E-state index contributed by atoms with van der Waals surface area (Å²) in [5.41, 5.74) is 0.273. The summed E-state index contributed by atoms with van der Waals surface area (Å²) >= 11 is 6.16. The number of sulfonamides is 1. The first-order valence-electron chi connectivity index (χ1n) is 10.7. The number of alkyl halides is 3. The predicted molar refractivity (Wildman–Crippen MR) is 123 cm³/mol. The Bertz CT molecular complexity index is 1420. The monoisotopic (exact) mass is 537 g/mol. The molecule has 2 aromatic carbocycles. The molecule has 1 atom stereocenters. The molecular weight excluding hydrogens is 519 g/mol. The average Bonchev–Trinajstić information content (AvgIpc) is 3.50. The molecule has 0 spiro atoms. The number of nitrogens with one attached hydrogen (secondary N) is 1. The summed E-state index contributed by atoms with van der Waals surface area (Å²) < 4.78 is 67.0. The number of carbonyl (C=O) groups excluding carboxylic acids is 1. The summed E-state index contributed by atoms with van der Waals surface area (Å²) in [6.45, 7) is 0.118. The van der Waals surface area contributed by atoms with Crippen molar-refractivity contribution < 1.29 is 26.4 Å². The van der Waals surface area contributed by atoms with Crippen LogP contribution in [0.1, 0.15) is 29.5 Å². The molecule has 0 aliphatic carbocycles. The fraction of sp³-hybridized carbons (Fsp3) is 0.261. The molecule has 0 saturated carbocycles. The highest BCUT2D eigenvalue weighted by molar-refractivity contribution is 7.89. The van der Waals surface area contributed by atoms with Crippen LogP contribution >= 0.6 is 11.6 Å². The highest BCUT2D eigenvalue weighted by atomic mass is 35.5. The van der Waals surface area contributed by atoms with Gasteiger partial charge in [-0.2, -0.15) is 27.8 Å². The lowest BCUT2D eigenvalue weighted by molar-refractivity contribution is -0.137. The predicted octanol–water partition coefficient (Wildman–Crippen LogP) is 3.89. The third-order valence-corrected chi connectivity index (χ3v) is 7.99. The van der Waals surface area contributed by atoms with E-state index in [1.807, 2.05) is 6.07 Å². The van der Waals surface area contributed by atoms with Crippen molar-refractivity contribution in [2.45, 2.75) is 36.5 Å². The van der Waals surface area contributed by atoms with E-state index < -0.39 is 33.7 Å². The van der Waals surface area contributed by atoms with Gasteiger partial charge in [-0.15, -0.1) is 0 Å². The molecule has 13 heteroatoms. The van der Waals surface area contributed by atoms with E-state index in [-0.39, 0.29) is 23.1 Å². The Morgan fingerprint density at radius 2 is 1.83 bits per heavy atom. The second-order valence-electron chi connectivity index (χ2n) is 8.06. The van der Waals surface area contributed by atoms with Gasteiger partial charge in [-0.25, -0.2) is 13.1 Å². The molecule has 2 heterocycles. The maximum Gasteiger partial charge on any atom is 0.416 e. The Balaban J connectivity index is 1.45. The molecular formula is C23H19ClF3N5O3S. The van der Waals surface area contributed by atoms with Crippen LogP contribution in [-0.4, -0.2) is 41.0 Å². The average molecular weight is 538 g/mol. The lowest BCUT2D eigenvalue weighted by atomic mass is 10.2. The van der Waals surface area contributed by atoms with E-state index in [4.69, 9.17) is 16.9 Å². The molecule has 0 bridgehead atoms. The maximum atomic E-state index is 13.1. The largest absolute Gasteiger partial charge is 0.416 e. The lowest BCUT2D eigenvalue weighted by Crippen LogP contribution is -2.45. The molecule has 3 aromatic rings. The summed E-state index contributed by atoms with van der Waals surface area (Å²) in [4.78, 5) is 12.9. The van der Waals surface area contributed by atoms with Crippen LogP contribution in [0.5, 0.6) is 0 Å². The Kier molecular flexibility index (Phi) is 7.08. The molecule has 1 fully saturated rings. The molecule has 1 aliphatic heterocycles. The third kappa shape index (κ3) is 5.23. The van der Waals surface area contributed by atoms with Gasteiger partial charge in [0.2, 0.25) is 15.9 Å². The summed E-state index contributed by atoms with van der Waals surface area (Å²) in [6.07, 6.45) is -2.15. The normalized spacial score (nSPS) is 16.6. The first-order valence-corrected chi connectivity index (χ1v) is 12.5. The van der Waals surface area contributed by atoms with E-state index in [2.05, 4.69) is 10.4 Å². The molecule has 4 rings (SSSR count). The minimum Gasteiger partial charge on any atom is -0.350 e. The standard InChI is InChI=1S/C23H19ClF3N5O3S/c24-21-16(14-31(30-21)18-7-5-17(6-8-18)23(25,26)27)13-29-22(33)20-2-1-11-32(20)36(34,35)19-9-3-15(12-28)4-10-19/h3-10,14,20H,1-2,11,13H2,(H,29,33)/t20-/m0/s1. The van der Waals surface area contributed by atoms with Crippen molar-refractivity contribution in [1.29, 1.82) is 5.26 Å². The number of nitriles is 1. The van der Waals surface area contributed by atoms with E-state index >= 15 is 0 Å². The van der Waals surface area contributed by atoms with Crippen LogP contribution in [0.25, 0.3) is 5.69 Å². The topological polar surface area (TPSA) is 108 Å². The van der Waals surface area contributed by atoms with E-state index in [9.17, 15) is 26.4 Å². The zero-order chi connectivity index (χ0) is 26.1. The smallest absolute Gasteiger partial charge is 0.350 e. The number of nitrogens with zero attached hydrogens (tertiary/aromatic N) is 4. The fourth-order valence-electron chi connectivity index (χ4n) is 3.87. The summed E-state index contributed by atoms with van der Waals surface area (Å²) in [5, 5.41) is 15.7. The van der Waals surface area contributed by atoms with Gasteiger partial charge < -0.3 is 5.32 Å². The molecule has 36 heavy (non-hydrogen) atoms. The van der Waals surface area contributed by atoms with Crippen molar-refractivity contribution in [2.24, 2.45) is 0 Å². The van der Waals surface area contributed by atoms with Crippen molar-refractivity contribution in [3.63, 3.8) is 0 Å². The molecule has 1 aromatic heterocycles. The number of rotatable bonds is 6. The van der Waals surface area contributed by atoms with Gasteiger partial charge in [0.15, 0.2) is 5.15 Å². The Morgan fingerprint density at radius 1 is 1.17 bits per heavy atom. The SMILES string of the molecule is N#Cc1ccc(S(=O)(=O)N2CCC[C@H]2C(=O)NCc2cn(-c3ccc(C(F)(F)F)cc3)nc2Cl)cc1. The number of amides is 1. The quantitative estimate of drug-likeness (QED) is 0.513. The van der Waals surface area contributed by atoms with Crippen LogP contribution in [0.15, 0.2) is 59.6 Å². The summed E-state index contributed by atoms with van der Waals surface area (Å²) in [6, 6.07) is 10.8. The number of carbonyl (C=O) groups is 1. The minimum absolute atomic E-state index is 0.0120. The number of hydrogen-bond donors (Lipinski definition) is 1. The van der Waals surface area contributed by atoms with E-state index in [1.54, 1.807) is 0 Å². The number of benzene rings is 2. The van der Waals surface area contributed by atoms with E-state index in [1.165, 1.54) is 47.3 Å². The van der Waals surface area contributed by atoms with Gasteiger partial charge in [0.05, 0.1) is 27.8 Å². The Labute approximate surface area is 209 Å². The lowest BCUT2D eigenvalue weighted by Gasteiger charge is -2.23. The zero-order valence-corrected chi connectivity index (χ0v) is 20.1. The first-order chi connectivity index (χ1) is 17.0. The van der Waals surface area contributed by atoms with Crippen LogP contribution in [0.2, 0.25) is 5.15 Å². The highest BCUT2D eigenvalue weighted by Crippen LogP contribution is 2.30. The minimum atomic E-state index is -4.46. The van der Waals surface area contributed by atoms with Gasteiger partial charge in [0.25, 0.3) is 0 Å². The van der Waals surface area contributed by atoms with Gasteiger partial charge in [-0.05, 0) is 61.4 Å². The van der Waals surface area contributed by atoms with E-state index in [0.717, 1.165) is 16.4 Å². The van der Waals surface area contributed by atoms with Crippen molar-refractivity contribution in [3.05, 3.63) is 76.6 Å².